The summed E-state index contributed by atoms with van der Waals surface area (Å²) >= 11 is 0. The van der Waals surface area contributed by atoms with Gasteiger partial charge in [-0.3, -0.25) is 0 Å². The SMILES string of the molecule is CCc1cnc(NCc2cc(Oc3ccc(CCNS(N)(=O)=O)cc3)nc(N(C)c3ccc(OC)cc3)c2)nc1. The molecule has 0 unspecified atom stereocenters. The Morgan fingerprint density at radius 2 is 1.60 bits per heavy atom. The fraction of sp³-hybridized carbons (Fsp3) is 0.250. The molecule has 40 heavy (non-hydrogen) atoms. The van der Waals surface area contributed by atoms with Crippen LogP contribution in [0.1, 0.15) is 23.6 Å². The molecule has 2 heterocycles. The fourth-order valence-corrected chi connectivity index (χ4v) is 4.19. The Bertz CT molecular complexity index is 1500. The van der Waals surface area contributed by atoms with Crippen LogP contribution in [0.4, 0.5) is 17.5 Å². The predicted octanol–water partition coefficient (Wildman–Crippen LogP) is 3.95. The van der Waals surface area contributed by atoms with Crippen LogP contribution in [0.5, 0.6) is 17.4 Å². The lowest BCUT2D eigenvalue weighted by atomic mass is 10.1. The van der Waals surface area contributed by atoms with E-state index in [4.69, 9.17) is 19.6 Å². The van der Waals surface area contributed by atoms with Crippen LogP contribution in [0, 0.1) is 0 Å². The number of ether oxygens (including phenoxy) is 2. The Labute approximate surface area is 234 Å². The molecule has 0 aliphatic heterocycles. The molecule has 0 radical (unpaired) electrons. The molecular weight excluding hydrogens is 530 g/mol. The third kappa shape index (κ3) is 8.37. The van der Waals surface area contributed by atoms with Crippen LogP contribution in [-0.4, -0.2) is 44.1 Å². The molecule has 11 nitrogen and oxygen atoms in total. The topological polar surface area (TPSA) is 145 Å². The second-order valence-electron chi connectivity index (χ2n) is 8.99. The Kier molecular flexibility index (Phi) is 9.48. The molecule has 210 valence electrons. The number of pyridine rings is 1. The molecule has 4 aromatic rings. The van der Waals surface area contributed by atoms with Crippen LogP contribution in [0.2, 0.25) is 0 Å². The minimum Gasteiger partial charge on any atom is -0.497 e. The lowest BCUT2D eigenvalue weighted by Crippen LogP contribution is -2.32. The third-order valence-corrected chi connectivity index (χ3v) is 6.68. The highest BCUT2D eigenvalue weighted by atomic mass is 32.2. The van der Waals surface area contributed by atoms with Gasteiger partial charge in [-0.1, -0.05) is 19.1 Å². The van der Waals surface area contributed by atoms with E-state index in [1.165, 1.54) is 0 Å². The monoisotopic (exact) mass is 563 g/mol. The number of rotatable bonds is 13. The molecule has 4 N–H and O–H groups in total. The zero-order valence-corrected chi connectivity index (χ0v) is 23.5. The highest BCUT2D eigenvalue weighted by Crippen LogP contribution is 2.29. The number of nitrogens with two attached hydrogens (primary N) is 1. The fourth-order valence-electron chi connectivity index (χ4n) is 3.80. The molecule has 0 atom stereocenters. The van der Waals surface area contributed by atoms with Crippen molar-refractivity contribution in [3.63, 3.8) is 0 Å². The van der Waals surface area contributed by atoms with Gasteiger partial charge in [0.2, 0.25) is 11.8 Å². The summed E-state index contributed by atoms with van der Waals surface area (Å²) < 4.78 is 35.8. The lowest BCUT2D eigenvalue weighted by Gasteiger charge is -2.20. The standard InChI is InChI=1S/C28H33N7O4S/c1-4-20-17-30-28(31-18-20)32-19-22-15-26(35(2)23-7-11-24(38-3)12-8-23)34-27(16-22)39-25-9-5-21(6-10-25)13-14-33-40(29,36)37/h5-12,15-18,33H,4,13-14,19H2,1-3H3,(H2,29,36,37)(H,30,31,32). The van der Waals surface area contributed by atoms with Crippen molar-refractivity contribution in [3.8, 4) is 17.4 Å². The summed E-state index contributed by atoms with van der Waals surface area (Å²) in [6, 6.07) is 18.9. The van der Waals surface area contributed by atoms with Crippen LogP contribution < -0.4 is 29.6 Å². The summed E-state index contributed by atoms with van der Waals surface area (Å²) in [5, 5.41) is 8.25. The summed E-state index contributed by atoms with van der Waals surface area (Å²) in [6.45, 7) is 2.73. The highest BCUT2D eigenvalue weighted by Gasteiger charge is 2.12. The minimum absolute atomic E-state index is 0.210. The lowest BCUT2D eigenvalue weighted by molar-refractivity contribution is 0.415. The maximum absolute atomic E-state index is 11.1. The van der Waals surface area contributed by atoms with E-state index in [0.717, 1.165) is 34.5 Å². The number of methoxy groups -OCH3 is 1. The van der Waals surface area contributed by atoms with Gasteiger partial charge in [0, 0.05) is 44.3 Å². The molecule has 2 aromatic heterocycles. The number of hydrogen-bond donors (Lipinski definition) is 3. The highest BCUT2D eigenvalue weighted by molar-refractivity contribution is 7.87. The summed E-state index contributed by atoms with van der Waals surface area (Å²) in [5.74, 6) is 3.00. The number of nitrogens with zero attached hydrogens (tertiary/aromatic N) is 4. The molecule has 0 aliphatic carbocycles. The summed E-state index contributed by atoms with van der Waals surface area (Å²) in [5.41, 5.74) is 3.86. The van der Waals surface area contributed by atoms with Crippen molar-refractivity contribution in [2.45, 2.75) is 26.3 Å². The first-order chi connectivity index (χ1) is 19.2. The quantitative estimate of drug-likeness (QED) is 0.220. The van der Waals surface area contributed by atoms with E-state index < -0.39 is 10.2 Å². The molecular formula is C28H33N7O4S. The zero-order chi connectivity index (χ0) is 28.5. The molecule has 0 saturated carbocycles. The van der Waals surface area contributed by atoms with Gasteiger partial charge in [-0.15, -0.1) is 0 Å². The molecule has 12 heteroatoms. The number of benzene rings is 2. The molecule has 0 amide bonds. The average molecular weight is 564 g/mol. The number of anilines is 3. The summed E-state index contributed by atoms with van der Waals surface area (Å²) in [7, 11) is -0.149. The summed E-state index contributed by atoms with van der Waals surface area (Å²) in [6.07, 6.45) is 5.00. The second-order valence-corrected chi connectivity index (χ2v) is 10.4. The van der Waals surface area contributed by atoms with Crippen molar-refractivity contribution >= 4 is 27.7 Å². The Balaban J connectivity index is 1.54. The van der Waals surface area contributed by atoms with Gasteiger partial charge in [0.1, 0.15) is 17.3 Å². The number of aromatic nitrogens is 3. The van der Waals surface area contributed by atoms with E-state index in [1.54, 1.807) is 7.11 Å². The average Bonchev–Trinajstić information content (AvgIpc) is 2.96. The van der Waals surface area contributed by atoms with E-state index in [2.05, 4.69) is 26.9 Å². The summed E-state index contributed by atoms with van der Waals surface area (Å²) in [4.78, 5) is 15.5. The Morgan fingerprint density at radius 3 is 2.23 bits per heavy atom. The van der Waals surface area contributed by atoms with Crippen LogP contribution in [0.15, 0.2) is 73.1 Å². The molecule has 0 spiro atoms. The zero-order valence-electron chi connectivity index (χ0n) is 22.7. The van der Waals surface area contributed by atoms with Crippen molar-refractivity contribution in [1.29, 1.82) is 0 Å². The number of nitrogens with one attached hydrogen (secondary N) is 2. The van der Waals surface area contributed by atoms with Crippen LogP contribution in [0.25, 0.3) is 0 Å². The van der Waals surface area contributed by atoms with E-state index >= 15 is 0 Å². The first-order valence-electron chi connectivity index (χ1n) is 12.7. The molecule has 0 bridgehead atoms. The Hall–Kier alpha value is -4.26. The van der Waals surface area contributed by atoms with E-state index in [9.17, 15) is 8.42 Å². The van der Waals surface area contributed by atoms with E-state index in [1.807, 2.05) is 85.0 Å². The molecule has 0 aliphatic rings. The number of hydrogen-bond acceptors (Lipinski definition) is 9. The van der Waals surface area contributed by atoms with E-state index in [0.29, 0.717) is 36.4 Å². The first kappa shape index (κ1) is 28.7. The van der Waals surface area contributed by atoms with Gasteiger partial charge < -0.3 is 19.7 Å². The van der Waals surface area contributed by atoms with Crippen LogP contribution in [-0.2, 0) is 29.6 Å². The number of aryl methyl sites for hydroxylation is 1. The van der Waals surface area contributed by atoms with Crippen molar-refractivity contribution in [1.82, 2.24) is 19.7 Å². The normalized spacial score (nSPS) is 11.2. The predicted molar refractivity (Wildman–Crippen MR) is 155 cm³/mol. The third-order valence-electron chi connectivity index (χ3n) is 6.08. The van der Waals surface area contributed by atoms with Gasteiger partial charge in [0.25, 0.3) is 10.2 Å². The minimum atomic E-state index is -3.71. The van der Waals surface area contributed by atoms with Gasteiger partial charge in [-0.05, 0) is 72.0 Å². The molecule has 2 aromatic carbocycles. The maximum Gasteiger partial charge on any atom is 0.274 e. The molecule has 0 fully saturated rings. The van der Waals surface area contributed by atoms with Gasteiger partial charge in [0.05, 0.1) is 7.11 Å². The largest absolute Gasteiger partial charge is 0.497 e. The van der Waals surface area contributed by atoms with Gasteiger partial charge in [0.15, 0.2) is 0 Å². The second kappa shape index (κ2) is 13.2. The Morgan fingerprint density at radius 1 is 0.925 bits per heavy atom. The molecule has 4 rings (SSSR count). The van der Waals surface area contributed by atoms with Crippen molar-refractivity contribution in [2.24, 2.45) is 5.14 Å². The molecule has 0 saturated heterocycles. The van der Waals surface area contributed by atoms with Gasteiger partial charge in [-0.2, -0.15) is 13.4 Å². The van der Waals surface area contributed by atoms with Crippen LogP contribution >= 0.6 is 0 Å². The first-order valence-corrected chi connectivity index (χ1v) is 14.2. The van der Waals surface area contributed by atoms with E-state index in [-0.39, 0.29) is 6.54 Å². The smallest absolute Gasteiger partial charge is 0.274 e. The van der Waals surface area contributed by atoms with Gasteiger partial charge in [-0.25, -0.2) is 19.8 Å². The van der Waals surface area contributed by atoms with Crippen LogP contribution in [0.3, 0.4) is 0 Å². The van der Waals surface area contributed by atoms with Crippen molar-refractivity contribution in [3.05, 3.63) is 89.7 Å². The van der Waals surface area contributed by atoms with Gasteiger partial charge >= 0.3 is 0 Å². The maximum atomic E-state index is 11.1. The van der Waals surface area contributed by atoms with Crippen molar-refractivity contribution in [2.75, 3.05) is 30.9 Å². The van der Waals surface area contributed by atoms with Crippen molar-refractivity contribution < 1.29 is 17.9 Å².